The van der Waals surface area contributed by atoms with E-state index in [2.05, 4.69) is 18.9 Å². The molecule has 1 saturated carbocycles. The molecule has 0 spiro atoms. The third-order valence-electron chi connectivity index (χ3n) is 3.83. The zero-order valence-electron chi connectivity index (χ0n) is 8.42. The maximum Gasteiger partial charge on any atom is 0.000936 e. The lowest BCUT2D eigenvalue weighted by Crippen LogP contribution is -2.40. The molecule has 1 aliphatic heterocycles. The van der Waals surface area contributed by atoms with E-state index in [0.717, 1.165) is 17.8 Å². The summed E-state index contributed by atoms with van der Waals surface area (Å²) < 4.78 is 0. The largest absolute Gasteiger partial charge is 0.306 e. The van der Waals surface area contributed by atoms with Crippen LogP contribution in [0.2, 0.25) is 0 Å². The predicted octanol–water partition coefficient (Wildman–Crippen LogP) is 2.37. The molecule has 70 valence electrons. The van der Waals surface area contributed by atoms with Gasteiger partial charge in [-0.15, -0.1) is 0 Å². The van der Waals surface area contributed by atoms with Crippen molar-refractivity contribution >= 4 is 0 Å². The highest BCUT2D eigenvalue weighted by atomic mass is 15.1. The fourth-order valence-electron chi connectivity index (χ4n) is 3.04. The van der Waals surface area contributed by atoms with Gasteiger partial charge in [0.25, 0.3) is 0 Å². The van der Waals surface area contributed by atoms with E-state index in [1.807, 2.05) is 0 Å². The number of hydrogen-bond acceptors (Lipinski definition) is 1. The smallest absolute Gasteiger partial charge is 0.000936 e. The standard InChI is InChI=1S/C11H21N/c1-9-3-4-10-5-6-12(2)8-11(10)7-9/h9-11H,3-8H2,1-2H3/t9-,10?,11?/m1/s1. The van der Waals surface area contributed by atoms with Crippen LogP contribution in [0.4, 0.5) is 0 Å². The molecule has 0 aromatic rings. The van der Waals surface area contributed by atoms with Gasteiger partial charge in [0.05, 0.1) is 0 Å². The molecular weight excluding hydrogens is 146 g/mol. The molecule has 0 amide bonds. The molecule has 0 aromatic heterocycles. The van der Waals surface area contributed by atoms with Crippen LogP contribution >= 0.6 is 0 Å². The van der Waals surface area contributed by atoms with Crippen LogP contribution < -0.4 is 0 Å². The van der Waals surface area contributed by atoms with Gasteiger partial charge < -0.3 is 4.90 Å². The molecule has 3 atom stereocenters. The van der Waals surface area contributed by atoms with Crippen molar-refractivity contribution in [3.63, 3.8) is 0 Å². The predicted molar refractivity (Wildman–Crippen MR) is 52.1 cm³/mol. The molecule has 1 heterocycles. The van der Waals surface area contributed by atoms with Gasteiger partial charge in [-0.2, -0.15) is 0 Å². The van der Waals surface area contributed by atoms with Gasteiger partial charge in [-0.05, 0) is 50.6 Å². The Morgan fingerprint density at radius 1 is 1.08 bits per heavy atom. The van der Waals surface area contributed by atoms with Crippen LogP contribution in [0.5, 0.6) is 0 Å². The molecule has 2 aliphatic rings. The first-order chi connectivity index (χ1) is 5.75. The highest BCUT2D eigenvalue weighted by Crippen LogP contribution is 2.38. The summed E-state index contributed by atoms with van der Waals surface area (Å²) in [7, 11) is 2.27. The van der Waals surface area contributed by atoms with E-state index < -0.39 is 0 Å². The topological polar surface area (TPSA) is 3.24 Å². The van der Waals surface area contributed by atoms with E-state index in [-0.39, 0.29) is 0 Å². The average Bonchev–Trinajstić information content (AvgIpc) is 2.03. The molecule has 2 unspecified atom stereocenters. The Balaban J connectivity index is 1.94. The minimum absolute atomic E-state index is 0.998. The molecule has 1 saturated heterocycles. The second-order valence-corrected chi connectivity index (χ2v) is 4.99. The minimum atomic E-state index is 0.998. The average molecular weight is 167 g/mol. The van der Waals surface area contributed by atoms with E-state index in [1.165, 1.54) is 38.8 Å². The number of hydrogen-bond donors (Lipinski definition) is 0. The van der Waals surface area contributed by atoms with Gasteiger partial charge in [0, 0.05) is 6.54 Å². The van der Waals surface area contributed by atoms with Gasteiger partial charge in [0.15, 0.2) is 0 Å². The Labute approximate surface area is 76.1 Å². The first-order valence-corrected chi connectivity index (χ1v) is 5.44. The van der Waals surface area contributed by atoms with Gasteiger partial charge in [-0.25, -0.2) is 0 Å². The molecule has 0 aromatic carbocycles. The molecule has 1 nitrogen and oxygen atoms in total. The van der Waals surface area contributed by atoms with E-state index in [0.29, 0.717) is 0 Å². The van der Waals surface area contributed by atoms with Crippen LogP contribution in [-0.4, -0.2) is 25.0 Å². The highest BCUT2D eigenvalue weighted by molar-refractivity contribution is 4.84. The van der Waals surface area contributed by atoms with Crippen molar-refractivity contribution < 1.29 is 0 Å². The van der Waals surface area contributed by atoms with Crippen molar-refractivity contribution in [1.29, 1.82) is 0 Å². The van der Waals surface area contributed by atoms with Gasteiger partial charge in [-0.3, -0.25) is 0 Å². The zero-order chi connectivity index (χ0) is 8.55. The summed E-state index contributed by atoms with van der Waals surface area (Å²) in [5.41, 5.74) is 0. The number of piperidine rings is 1. The number of likely N-dealkylation sites (tertiary alicyclic amines) is 1. The zero-order valence-corrected chi connectivity index (χ0v) is 8.42. The second-order valence-electron chi connectivity index (χ2n) is 4.99. The summed E-state index contributed by atoms with van der Waals surface area (Å²) in [5, 5.41) is 0. The van der Waals surface area contributed by atoms with Crippen LogP contribution in [0.15, 0.2) is 0 Å². The van der Waals surface area contributed by atoms with Crippen molar-refractivity contribution in [3.05, 3.63) is 0 Å². The maximum atomic E-state index is 2.51. The van der Waals surface area contributed by atoms with Crippen LogP contribution in [0.25, 0.3) is 0 Å². The van der Waals surface area contributed by atoms with Gasteiger partial charge >= 0.3 is 0 Å². The van der Waals surface area contributed by atoms with E-state index in [4.69, 9.17) is 0 Å². The van der Waals surface area contributed by atoms with Gasteiger partial charge in [0.1, 0.15) is 0 Å². The molecule has 0 N–H and O–H groups in total. The summed E-state index contributed by atoms with van der Waals surface area (Å²) >= 11 is 0. The quantitative estimate of drug-likeness (QED) is 0.535. The highest BCUT2D eigenvalue weighted by Gasteiger charge is 2.32. The van der Waals surface area contributed by atoms with Gasteiger partial charge in [0.2, 0.25) is 0 Å². The first-order valence-electron chi connectivity index (χ1n) is 5.44. The fraction of sp³-hybridized carbons (Fsp3) is 1.00. The fourth-order valence-corrected chi connectivity index (χ4v) is 3.04. The summed E-state index contributed by atoms with van der Waals surface area (Å²) in [6, 6.07) is 0. The Kier molecular flexibility index (Phi) is 2.40. The molecule has 0 radical (unpaired) electrons. The van der Waals surface area contributed by atoms with Crippen molar-refractivity contribution in [2.24, 2.45) is 17.8 Å². The molecule has 1 heteroatoms. The Hall–Kier alpha value is -0.0400. The Bertz CT molecular complexity index is 139. The molecular formula is C11H21N. The lowest BCUT2D eigenvalue weighted by atomic mass is 9.71. The van der Waals surface area contributed by atoms with Crippen molar-refractivity contribution in [3.8, 4) is 0 Å². The monoisotopic (exact) mass is 167 g/mol. The molecule has 0 bridgehead atoms. The van der Waals surface area contributed by atoms with Crippen LogP contribution in [0.1, 0.15) is 32.6 Å². The van der Waals surface area contributed by atoms with Crippen LogP contribution in [-0.2, 0) is 0 Å². The van der Waals surface area contributed by atoms with Crippen LogP contribution in [0, 0.1) is 17.8 Å². The van der Waals surface area contributed by atoms with Gasteiger partial charge in [-0.1, -0.05) is 13.3 Å². The summed E-state index contributed by atoms with van der Waals surface area (Å²) in [4.78, 5) is 2.51. The van der Waals surface area contributed by atoms with Crippen molar-refractivity contribution in [2.75, 3.05) is 20.1 Å². The Morgan fingerprint density at radius 2 is 1.92 bits per heavy atom. The third kappa shape index (κ3) is 1.66. The first kappa shape index (κ1) is 8.55. The molecule has 2 fully saturated rings. The van der Waals surface area contributed by atoms with E-state index in [1.54, 1.807) is 0 Å². The third-order valence-corrected chi connectivity index (χ3v) is 3.83. The SMILES string of the molecule is C[C@@H]1CCC2CCN(C)CC2C1. The van der Waals surface area contributed by atoms with E-state index >= 15 is 0 Å². The van der Waals surface area contributed by atoms with Crippen LogP contribution in [0.3, 0.4) is 0 Å². The Morgan fingerprint density at radius 3 is 2.75 bits per heavy atom. The normalized spacial score (nSPS) is 44.0. The molecule has 12 heavy (non-hydrogen) atoms. The van der Waals surface area contributed by atoms with Crippen molar-refractivity contribution in [2.45, 2.75) is 32.6 Å². The summed E-state index contributed by atoms with van der Waals surface area (Å²) in [6.07, 6.45) is 5.97. The molecule has 1 aliphatic carbocycles. The lowest BCUT2D eigenvalue weighted by Gasteiger charge is -2.41. The minimum Gasteiger partial charge on any atom is -0.306 e. The number of fused-ring (bicyclic) bond motifs is 1. The lowest BCUT2D eigenvalue weighted by molar-refractivity contribution is 0.0838. The van der Waals surface area contributed by atoms with Crippen molar-refractivity contribution in [1.82, 2.24) is 4.90 Å². The molecule has 2 rings (SSSR count). The summed E-state index contributed by atoms with van der Waals surface area (Å²) in [5.74, 6) is 3.11. The maximum absolute atomic E-state index is 2.51. The second kappa shape index (κ2) is 3.37. The number of nitrogens with zero attached hydrogens (tertiary/aromatic N) is 1. The number of rotatable bonds is 0. The van der Waals surface area contributed by atoms with E-state index in [9.17, 15) is 0 Å². The summed E-state index contributed by atoms with van der Waals surface area (Å²) in [6.45, 7) is 5.13.